The minimum Gasteiger partial charge on any atom is -0.478 e. The summed E-state index contributed by atoms with van der Waals surface area (Å²) in [7, 11) is 0. The van der Waals surface area contributed by atoms with Crippen LogP contribution in [0.5, 0.6) is 0 Å². The third-order valence-electron chi connectivity index (χ3n) is 2.34. The molecule has 0 heterocycles. The van der Waals surface area contributed by atoms with Gasteiger partial charge in [-0.2, -0.15) is 0 Å². The molecule has 0 spiro atoms. The van der Waals surface area contributed by atoms with Crippen molar-refractivity contribution in [3.8, 4) is 0 Å². The van der Waals surface area contributed by atoms with Gasteiger partial charge in [-0.15, -0.1) is 0 Å². The van der Waals surface area contributed by atoms with Crippen molar-refractivity contribution in [1.29, 1.82) is 0 Å². The Balaban J connectivity index is 2.24. The lowest BCUT2D eigenvalue weighted by Crippen LogP contribution is -2.14. The summed E-state index contributed by atoms with van der Waals surface area (Å²) < 4.78 is 0. The average molecular weight is 243 g/mol. The number of allylic oxidation sites excluding steroid dienone is 3. The van der Waals surface area contributed by atoms with E-state index in [-0.39, 0.29) is 22.8 Å². The number of rotatable bonds is 3. The van der Waals surface area contributed by atoms with Crippen LogP contribution < -0.4 is 5.32 Å². The van der Waals surface area contributed by atoms with Crippen LogP contribution in [-0.4, -0.2) is 22.6 Å². The lowest BCUT2D eigenvalue weighted by atomic mass is 10.1. The van der Waals surface area contributed by atoms with Crippen LogP contribution in [0.2, 0.25) is 0 Å². The number of hydrogen-bond donors (Lipinski definition) is 2. The van der Waals surface area contributed by atoms with Gasteiger partial charge in [0.25, 0.3) is 0 Å². The van der Waals surface area contributed by atoms with E-state index in [1.54, 1.807) is 12.1 Å². The van der Waals surface area contributed by atoms with Gasteiger partial charge in [-0.05, 0) is 30.4 Å². The number of carbonyl (C=O) groups excluding carboxylic acids is 2. The normalized spacial score (nSPS) is 14.3. The number of benzene rings is 1. The third kappa shape index (κ3) is 2.52. The molecule has 0 fully saturated rings. The van der Waals surface area contributed by atoms with Crippen molar-refractivity contribution < 1.29 is 19.5 Å². The topological polar surface area (TPSA) is 83.5 Å². The van der Waals surface area contributed by atoms with Gasteiger partial charge < -0.3 is 10.4 Å². The largest absolute Gasteiger partial charge is 0.478 e. The van der Waals surface area contributed by atoms with E-state index in [0.717, 1.165) is 0 Å². The zero-order chi connectivity index (χ0) is 13.1. The molecule has 0 amide bonds. The first-order valence-corrected chi connectivity index (χ1v) is 5.15. The molecule has 1 aliphatic carbocycles. The molecule has 1 aromatic rings. The highest BCUT2D eigenvalue weighted by Gasteiger charge is 2.13. The fraction of sp³-hybridized carbons (Fsp3) is 0. The standard InChI is InChI=1S/C13H9NO4/c15-10-4-5-12(16)11(7-10)14-9-3-1-2-8(6-9)13(17)18/h1-7,14H,(H,17,18). The molecule has 0 aromatic heterocycles. The quantitative estimate of drug-likeness (QED) is 0.784. The Labute approximate surface area is 102 Å². The summed E-state index contributed by atoms with van der Waals surface area (Å²) in [5.74, 6) is -1.67. The summed E-state index contributed by atoms with van der Waals surface area (Å²) in [5.41, 5.74) is 0.674. The fourth-order valence-electron chi connectivity index (χ4n) is 1.49. The van der Waals surface area contributed by atoms with Gasteiger partial charge in [0.05, 0.1) is 11.3 Å². The number of carbonyl (C=O) groups is 3. The zero-order valence-electron chi connectivity index (χ0n) is 9.21. The molecule has 1 aliphatic rings. The first-order chi connectivity index (χ1) is 8.56. The number of carboxylic acid groups (broad SMARTS) is 1. The summed E-state index contributed by atoms with van der Waals surface area (Å²) in [6, 6.07) is 6.00. The Morgan fingerprint density at radius 2 is 1.94 bits per heavy atom. The van der Waals surface area contributed by atoms with Crippen LogP contribution in [0, 0.1) is 0 Å². The maximum Gasteiger partial charge on any atom is 0.335 e. The van der Waals surface area contributed by atoms with Crippen LogP contribution in [0.1, 0.15) is 10.4 Å². The second-order valence-electron chi connectivity index (χ2n) is 3.67. The fourth-order valence-corrected chi connectivity index (χ4v) is 1.49. The van der Waals surface area contributed by atoms with Crippen molar-refractivity contribution in [2.75, 3.05) is 5.32 Å². The van der Waals surface area contributed by atoms with Crippen LogP contribution in [0.15, 0.2) is 48.2 Å². The van der Waals surface area contributed by atoms with Gasteiger partial charge in [-0.3, -0.25) is 9.59 Å². The predicted molar refractivity (Wildman–Crippen MR) is 64.3 cm³/mol. The van der Waals surface area contributed by atoms with Gasteiger partial charge in [-0.1, -0.05) is 6.07 Å². The van der Waals surface area contributed by atoms with Crippen LogP contribution in [0.4, 0.5) is 5.69 Å². The molecule has 0 bridgehead atoms. The number of carboxylic acids is 1. The molecule has 2 N–H and O–H groups in total. The molecule has 0 saturated carbocycles. The summed E-state index contributed by atoms with van der Waals surface area (Å²) in [4.78, 5) is 33.4. The molecule has 90 valence electrons. The number of aromatic carboxylic acids is 1. The molecule has 18 heavy (non-hydrogen) atoms. The Morgan fingerprint density at radius 3 is 2.67 bits per heavy atom. The van der Waals surface area contributed by atoms with Crippen molar-refractivity contribution >= 4 is 23.2 Å². The maximum absolute atomic E-state index is 11.5. The highest BCUT2D eigenvalue weighted by Crippen LogP contribution is 2.15. The van der Waals surface area contributed by atoms with E-state index in [0.29, 0.717) is 5.69 Å². The van der Waals surface area contributed by atoms with Crippen LogP contribution >= 0.6 is 0 Å². The third-order valence-corrected chi connectivity index (χ3v) is 2.34. The van der Waals surface area contributed by atoms with Crippen LogP contribution in [0.3, 0.4) is 0 Å². The van der Waals surface area contributed by atoms with Gasteiger partial charge >= 0.3 is 5.97 Å². The van der Waals surface area contributed by atoms with Gasteiger partial charge in [0.1, 0.15) is 0 Å². The molecule has 0 aliphatic heterocycles. The SMILES string of the molecule is O=C1C=CC(=O)C(Nc2cccc(C(=O)O)c2)=C1. The molecular formula is C13H9NO4. The van der Waals surface area contributed by atoms with E-state index >= 15 is 0 Å². The Morgan fingerprint density at radius 1 is 1.17 bits per heavy atom. The van der Waals surface area contributed by atoms with Crippen LogP contribution in [-0.2, 0) is 9.59 Å². The molecule has 0 saturated heterocycles. The predicted octanol–water partition coefficient (Wildman–Crippen LogP) is 1.39. The van der Waals surface area contributed by atoms with Crippen molar-refractivity contribution in [2.45, 2.75) is 0 Å². The molecule has 0 radical (unpaired) electrons. The maximum atomic E-state index is 11.5. The van der Waals surface area contributed by atoms with Crippen molar-refractivity contribution in [3.05, 3.63) is 53.8 Å². The summed E-state index contributed by atoms with van der Waals surface area (Å²) in [6.07, 6.45) is 3.53. The van der Waals surface area contributed by atoms with E-state index in [9.17, 15) is 14.4 Å². The second-order valence-corrected chi connectivity index (χ2v) is 3.67. The summed E-state index contributed by atoms with van der Waals surface area (Å²) >= 11 is 0. The minimum absolute atomic E-state index is 0.103. The van der Waals surface area contributed by atoms with E-state index in [4.69, 9.17) is 5.11 Å². The molecule has 2 rings (SSSR count). The van der Waals surface area contributed by atoms with E-state index < -0.39 is 5.97 Å². The van der Waals surface area contributed by atoms with Crippen molar-refractivity contribution in [3.63, 3.8) is 0 Å². The minimum atomic E-state index is -1.06. The first kappa shape index (κ1) is 11.8. The molecule has 5 heteroatoms. The summed E-state index contributed by atoms with van der Waals surface area (Å²) in [6.45, 7) is 0. The Hall–Kier alpha value is -2.69. The number of hydrogen-bond acceptors (Lipinski definition) is 4. The first-order valence-electron chi connectivity index (χ1n) is 5.15. The van der Waals surface area contributed by atoms with Gasteiger partial charge in [0, 0.05) is 11.8 Å². The molecular weight excluding hydrogens is 234 g/mol. The van der Waals surface area contributed by atoms with Crippen LogP contribution in [0.25, 0.3) is 0 Å². The van der Waals surface area contributed by atoms with E-state index in [2.05, 4.69) is 5.32 Å². The molecule has 0 atom stereocenters. The van der Waals surface area contributed by atoms with Gasteiger partial charge in [0.15, 0.2) is 5.78 Å². The number of nitrogens with one attached hydrogen (secondary N) is 1. The summed E-state index contributed by atoms with van der Waals surface area (Å²) in [5, 5.41) is 11.6. The Kier molecular flexibility index (Phi) is 3.05. The number of anilines is 1. The number of ketones is 2. The van der Waals surface area contributed by atoms with Crippen molar-refractivity contribution in [2.24, 2.45) is 0 Å². The highest BCUT2D eigenvalue weighted by molar-refractivity contribution is 6.18. The van der Waals surface area contributed by atoms with Crippen molar-refractivity contribution in [1.82, 2.24) is 0 Å². The lowest BCUT2D eigenvalue weighted by molar-refractivity contribution is -0.114. The monoisotopic (exact) mass is 243 g/mol. The Bertz CT molecular complexity index is 599. The second kappa shape index (κ2) is 4.67. The smallest absolute Gasteiger partial charge is 0.335 e. The van der Waals surface area contributed by atoms with Gasteiger partial charge in [0.2, 0.25) is 5.78 Å². The molecule has 0 unspecified atom stereocenters. The highest BCUT2D eigenvalue weighted by atomic mass is 16.4. The molecule has 5 nitrogen and oxygen atoms in total. The molecule has 1 aromatic carbocycles. The van der Waals surface area contributed by atoms with E-state index in [1.807, 2.05) is 0 Å². The van der Waals surface area contributed by atoms with Gasteiger partial charge in [-0.25, -0.2) is 4.79 Å². The average Bonchev–Trinajstić information content (AvgIpc) is 2.34. The lowest BCUT2D eigenvalue weighted by Gasteiger charge is -2.10. The van der Waals surface area contributed by atoms with E-state index in [1.165, 1.54) is 30.4 Å². The zero-order valence-corrected chi connectivity index (χ0v) is 9.21.